The molecule has 0 aliphatic carbocycles. The van der Waals surface area contributed by atoms with E-state index in [1.807, 2.05) is 27.7 Å². The van der Waals surface area contributed by atoms with E-state index in [9.17, 15) is 19.2 Å². The number of ketones is 2. The van der Waals surface area contributed by atoms with Crippen molar-refractivity contribution in [3.8, 4) is 0 Å². The van der Waals surface area contributed by atoms with Crippen LogP contribution in [-0.2, 0) is 9.59 Å². The summed E-state index contributed by atoms with van der Waals surface area (Å²) in [5.74, 6) is -0.0860. The van der Waals surface area contributed by atoms with Gasteiger partial charge >= 0.3 is 0 Å². The van der Waals surface area contributed by atoms with Gasteiger partial charge in [-0.05, 0) is 37.9 Å². The topological polar surface area (TPSA) is 125 Å². The molecular formula is C22H33ClN4O4. The molecule has 0 saturated carbocycles. The van der Waals surface area contributed by atoms with Crippen LogP contribution >= 0.6 is 11.6 Å². The maximum Gasteiger partial charge on any atom is 0.262 e. The highest BCUT2D eigenvalue weighted by molar-refractivity contribution is 6.33. The zero-order chi connectivity index (χ0) is 23.3. The molecule has 172 valence electrons. The zero-order valence-electron chi connectivity index (χ0n) is 18.7. The predicted octanol–water partition coefficient (Wildman–Crippen LogP) is 2.41. The molecule has 0 bridgehead atoms. The summed E-state index contributed by atoms with van der Waals surface area (Å²) in [6.07, 6.45) is 2.24. The molecule has 1 aromatic rings. The van der Waals surface area contributed by atoms with Gasteiger partial charge in [0.1, 0.15) is 17.2 Å². The summed E-state index contributed by atoms with van der Waals surface area (Å²) >= 11 is 5.90. The van der Waals surface area contributed by atoms with Crippen molar-refractivity contribution in [3.05, 3.63) is 27.0 Å². The van der Waals surface area contributed by atoms with Crippen molar-refractivity contribution in [2.45, 2.75) is 59.4 Å². The van der Waals surface area contributed by atoms with Crippen LogP contribution in [0.25, 0.3) is 0 Å². The summed E-state index contributed by atoms with van der Waals surface area (Å²) in [6, 6.07) is 0.861. The average Bonchev–Trinajstić information content (AvgIpc) is 2.72. The fraction of sp³-hybridized carbons (Fsp3) is 0.636. The van der Waals surface area contributed by atoms with Crippen LogP contribution in [0.4, 0.5) is 5.82 Å². The lowest BCUT2D eigenvalue weighted by atomic mass is 9.82. The highest BCUT2D eigenvalue weighted by Gasteiger charge is 2.36. The number of nitrogen functional groups attached to an aromatic ring is 1. The number of halogens is 1. The van der Waals surface area contributed by atoms with Crippen LogP contribution in [0.5, 0.6) is 0 Å². The van der Waals surface area contributed by atoms with Crippen molar-refractivity contribution in [1.29, 1.82) is 0 Å². The molecule has 2 rings (SSSR count). The number of hydrogen-bond donors (Lipinski definition) is 3. The summed E-state index contributed by atoms with van der Waals surface area (Å²) in [5.41, 5.74) is 4.36. The van der Waals surface area contributed by atoms with E-state index >= 15 is 0 Å². The quantitative estimate of drug-likeness (QED) is 0.556. The summed E-state index contributed by atoms with van der Waals surface area (Å²) in [5, 5.41) is 2.91. The van der Waals surface area contributed by atoms with E-state index in [1.165, 1.54) is 6.07 Å². The molecule has 4 N–H and O–H groups in total. The molecule has 0 spiro atoms. The highest BCUT2D eigenvalue weighted by Crippen LogP contribution is 2.26. The Morgan fingerprint density at radius 1 is 1.29 bits per heavy atom. The Morgan fingerprint density at radius 2 is 1.90 bits per heavy atom. The molecule has 1 saturated heterocycles. The van der Waals surface area contributed by atoms with Crippen LogP contribution < -0.4 is 16.6 Å². The first-order valence-electron chi connectivity index (χ1n) is 10.7. The number of carbonyl (C=O) groups excluding carboxylic acids is 3. The van der Waals surface area contributed by atoms with Crippen molar-refractivity contribution in [3.63, 3.8) is 0 Å². The molecule has 9 heteroatoms. The van der Waals surface area contributed by atoms with Gasteiger partial charge in [-0.2, -0.15) is 0 Å². The van der Waals surface area contributed by atoms with Crippen molar-refractivity contribution in [1.82, 2.24) is 15.2 Å². The van der Waals surface area contributed by atoms with E-state index in [-0.39, 0.29) is 40.3 Å². The van der Waals surface area contributed by atoms with Gasteiger partial charge in [-0.15, -0.1) is 0 Å². The summed E-state index contributed by atoms with van der Waals surface area (Å²) < 4.78 is 0. The number of likely N-dealkylation sites (tertiary alicyclic amines) is 1. The van der Waals surface area contributed by atoms with Crippen molar-refractivity contribution >= 4 is 34.9 Å². The lowest BCUT2D eigenvalue weighted by Crippen LogP contribution is -2.50. The summed E-state index contributed by atoms with van der Waals surface area (Å²) in [4.78, 5) is 53.8. The van der Waals surface area contributed by atoms with E-state index in [0.717, 1.165) is 12.8 Å². The van der Waals surface area contributed by atoms with Crippen LogP contribution in [0.15, 0.2) is 10.9 Å². The normalized spacial score (nSPS) is 16.7. The molecule has 1 fully saturated rings. The van der Waals surface area contributed by atoms with Crippen LogP contribution in [-0.4, -0.2) is 53.0 Å². The third-order valence-corrected chi connectivity index (χ3v) is 6.08. The van der Waals surface area contributed by atoms with Gasteiger partial charge in [-0.25, -0.2) is 0 Å². The standard InChI is InChI=1S/C22H33ClN4O4/c1-5-14(28)10-17(18(29)22(2,3)4)27-8-6-13(7-9-27)12-25-20(30)15-11-16(23)19(24)26-21(15)31/h11,13,17H,5-10,12H2,1-4H3,(H,25,30)(H3,24,26,31). The second kappa shape index (κ2) is 10.4. The second-order valence-corrected chi connectivity index (χ2v) is 9.60. The van der Waals surface area contributed by atoms with E-state index in [2.05, 4.69) is 15.2 Å². The number of amides is 1. The number of rotatable bonds is 8. The first-order valence-corrected chi connectivity index (χ1v) is 11.1. The number of Topliss-reactive ketones (excluding diaryl/α,β-unsaturated/α-hetero) is 2. The molecule has 31 heavy (non-hydrogen) atoms. The minimum absolute atomic E-state index is 0.0245. The number of nitrogens with zero attached hydrogens (tertiary/aromatic N) is 1. The van der Waals surface area contributed by atoms with E-state index < -0.39 is 22.9 Å². The third-order valence-electron chi connectivity index (χ3n) is 5.76. The van der Waals surface area contributed by atoms with Gasteiger partial charge in [0.25, 0.3) is 11.5 Å². The Bertz CT molecular complexity index is 882. The molecule has 1 unspecified atom stereocenters. The SMILES string of the molecule is CCC(=O)CC(C(=O)C(C)(C)C)N1CCC(CNC(=O)c2cc(Cl)c(N)[nH]c2=O)CC1. The van der Waals surface area contributed by atoms with E-state index in [0.29, 0.717) is 26.1 Å². The summed E-state index contributed by atoms with van der Waals surface area (Å²) in [6.45, 7) is 9.23. The number of aromatic nitrogens is 1. The van der Waals surface area contributed by atoms with Gasteiger partial charge in [-0.1, -0.05) is 39.3 Å². The van der Waals surface area contributed by atoms with Crippen LogP contribution in [0.1, 0.15) is 63.7 Å². The monoisotopic (exact) mass is 452 g/mol. The number of H-pyrrole nitrogens is 1. The molecule has 8 nitrogen and oxygen atoms in total. The first kappa shape index (κ1) is 25.1. The molecule has 1 aromatic heterocycles. The number of aromatic amines is 1. The Balaban J connectivity index is 1.95. The van der Waals surface area contributed by atoms with Crippen LogP contribution in [0.2, 0.25) is 5.02 Å². The smallest absolute Gasteiger partial charge is 0.262 e. The van der Waals surface area contributed by atoms with Crippen LogP contribution in [0.3, 0.4) is 0 Å². The van der Waals surface area contributed by atoms with E-state index in [4.69, 9.17) is 17.3 Å². The maximum absolute atomic E-state index is 12.9. The Labute approximate surface area is 187 Å². The number of piperidine rings is 1. The van der Waals surface area contributed by atoms with Crippen molar-refractivity contribution in [2.75, 3.05) is 25.4 Å². The Hall–Kier alpha value is -2.19. The number of anilines is 1. The molecule has 1 aliphatic heterocycles. The minimum Gasteiger partial charge on any atom is -0.384 e. The fourth-order valence-electron chi connectivity index (χ4n) is 3.74. The number of nitrogens with two attached hydrogens (primary N) is 1. The number of pyridine rings is 1. The number of nitrogens with one attached hydrogen (secondary N) is 2. The Kier molecular flexibility index (Phi) is 8.42. The Morgan fingerprint density at radius 3 is 2.45 bits per heavy atom. The fourth-order valence-corrected chi connectivity index (χ4v) is 3.89. The molecule has 0 radical (unpaired) electrons. The largest absolute Gasteiger partial charge is 0.384 e. The lowest BCUT2D eigenvalue weighted by molar-refractivity contribution is -0.135. The van der Waals surface area contributed by atoms with Gasteiger partial charge in [0, 0.05) is 24.8 Å². The molecule has 0 aromatic carbocycles. The predicted molar refractivity (Wildman–Crippen MR) is 121 cm³/mol. The van der Waals surface area contributed by atoms with Crippen molar-refractivity contribution < 1.29 is 14.4 Å². The third kappa shape index (κ3) is 6.64. The molecule has 2 heterocycles. The van der Waals surface area contributed by atoms with E-state index in [1.54, 1.807) is 0 Å². The number of hydrogen-bond acceptors (Lipinski definition) is 6. The average molecular weight is 453 g/mol. The molecule has 1 amide bonds. The number of carbonyl (C=O) groups is 3. The van der Waals surface area contributed by atoms with Gasteiger partial charge in [-0.3, -0.25) is 24.1 Å². The van der Waals surface area contributed by atoms with Gasteiger partial charge in [0.2, 0.25) is 0 Å². The first-order chi connectivity index (χ1) is 14.4. The van der Waals surface area contributed by atoms with Gasteiger partial charge < -0.3 is 16.0 Å². The highest BCUT2D eigenvalue weighted by atomic mass is 35.5. The second-order valence-electron chi connectivity index (χ2n) is 9.19. The summed E-state index contributed by atoms with van der Waals surface area (Å²) in [7, 11) is 0. The lowest BCUT2D eigenvalue weighted by Gasteiger charge is -2.39. The van der Waals surface area contributed by atoms with Crippen LogP contribution in [0, 0.1) is 11.3 Å². The minimum atomic E-state index is -0.585. The molecular weight excluding hydrogens is 420 g/mol. The van der Waals surface area contributed by atoms with Gasteiger partial charge in [0.05, 0.1) is 11.1 Å². The zero-order valence-corrected chi connectivity index (χ0v) is 19.5. The molecule has 1 atom stereocenters. The van der Waals surface area contributed by atoms with Gasteiger partial charge in [0.15, 0.2) is 5.78 Å². The van der Waals surface area contributed by atoms with Crippen molar-refractivity contribution in [2.24, 2.45) is 11.3 Å². The molecule has 1 aliphatic rings. The maximum atomic E-state index is 12.9.